The number of halogens is 1. The molecular weight excluding hydrogens is 236 g/mol. The molecule has 0 amide bonds. The third-order valence-corrected chi connectivity index (χ3v) is 2.76. The summed E-state index contributed by atoms with van der Waals surface area (Å²) in [6, 6.07) is 8.30. The Balaban J connectivity index is 2.27. The minimum absolute atomic E-state index is 0.152. The number of anilines is 2. The maximum Gasteiger partial charge on any atom is 0.244 e. The van der Waals surface area contributed by atoms with Crippen molar-refractivity contribution < 1.29 is 0 Å². The van der Waals surface area contributed by atoms with Gasteiger partial charge in [0.25, 0.3) is 0 Å². The average Bonchev–Trinajstić information content (AvgIpc) is 2.38. The molecular formula is C12H13ClN4. The number of aromatic nitrogens is 3. The van der Waals surface area contributed by atoms with Gasteiger partial charge in [-0.05, 0) is 35.7 Å². The number of rotatable bonds is 3. The predicted molar refractivity (Wildman–Crippen MR) is 68.7 cm³/mol. The molecule has 0 fully saturated rings. The molecule has 17 heavy (non-hydrogen) atoms. The second-order valence-electron chi connectivity index (χ2n) is 3.66. The summed E-state index contributed by atoms with van der Waals surface area (Å²) in [5.74, 6) is 0.675. The lowest BCUT2D eigenvalue weighted by Crippen LogP contribution is -2.12. The molecule has 1 heterocycles. The first-order chi connectivity index (χ1) is 8.20. The topological polar surface area (TPSA) is 41.9 Å². The Labute approximate surface area is 105 Å². The molecule has 0 saturated carbocycles. The van der Waals surface area contributed by atoms with Gasteiger partial charge in [-0.2, -0.15) is 10.1 Å². The van der Waals surface area contributed by atoms with E-state index in [0.29, 0.717) is 5.82 Å². The molecule has 5 heteroatoms. The number of hydrogen-bond acceptors (Lipinski definition) is 4. The Kier molecular flexibility index (Phi) is 3.54. The van der Waals surface area contributed by atoms with Crippen molar-refractivity contribution in [2.24, 2.45) is 0 Å². The second kappa shape index (κ2) is 5.10. The highest BCUT2D eigenvalue weighted by Gasteiger charge is 2.06. The maximum atomic E-state index is 5.71. The fraction of sp³-hybridized carbons (Fsp3) is 0.250. The second-order valence-corrected chi connectivity index (χ2v) is 4.00. The van der Waals surface area contributed by atoms with E-state index in [1.54, 1.807) is 6.20 Å². The van der Waals surface area contributed by atoms with Crippen LogP contribution in [-0.2, 0) is 6.42 Å². The van der Waals surface area contributed by atoms with Crippen LogP contribution in [0.25, 0.3) is 0 Å². The molecule has 0 atom stereocenters. The lowest BCUT2D eigenvalue weighted by molar-refractivity contribution is 0.948. The van der Waals surface area contributed by atoms with E-state index >= 15 is 0 Å². The summed E-state index contributed by atoms with van der Waals surface area (Å²) >= 11 is 5.71. The SMILES string of the molecule is CCc1ccc(N(C)c2cnnc(Cl)n2)cc1. The van der Waals surface area contributed by atoms with E-state index in [0.717, 1.165) is 12.1 Å². The largest absolute Gasteiger partial charge is 0.328 e. The molecule has 0 radical (unpaired) electrons. The molecule has 0 aliphatic rings. The molecule has 0 bridgehead atoms. The van der Waals surface area contributed by atoms with Gasteiger partial charge in [0.05, 0.1) is 6.20 Å². The van der Waals surface area contributed by atoms with Crippen LogP contribution in [0.3, 0.4) is 0 Å². The molecule has 0 aliphatic heterocycles. The summed E-state index contributed by atoms with van der Waals surface area (Å²) in [5, 5.41) is 7.55. The first-order valence-corrected chi connectivity index (χ1v) is 5.76. The molecule has 0 N–H and O–H groups in total. The van der Waals surface area contributed by atoms with Crippen molar-refractivity contribution in [3.63, 3.8) is 0 Å². The quantitative estimate of drug-likeness (QED) is 0.838. The van der Waals surface area contributed by atoms with Crippen LogP contribution in [0, 0.1) is 0 Å². The van der Waals surface area contributed by atoms with Crippen LogP contribution >= 0.6 is 11.6 Å². The molecule has 1 aromatic heterocycles. The molecule has 0 spiro atoms. The Bertz CT molecular complexity index is 498. The van der Waals surface area contributed by atoms with Crippen molar-refractivity contribution in [3.05, 3.63) is 41.3 Å². The minimum Gasteiger partial charge on any atom is -0.328 e. The van der Waals surface area contributed by atoms with Gasteiger partial charge in [0.15, 0.2) is 5.82 Å². The fourth-order valence-electron chi connectivity index (χ4n) is 1.52. The van der Waals surface area contributed by atoms with Crippen LogP contribution in [0.5, 0.6) is 0 Å². The lowest BCUT2D eigenvalue weighted by Gasteiger charge is -2.17. The van der Waals surface area contributed by atoms with Gasteiger partial charge in [-0.1, -0.05) is 19.1 Å². The lowest BCUT2D eigenvalue weighted by atomic mass is 10.1. The molecule has 88 valence electrons. The Morgan fingerprint density at radius 1 is 1.24 bits per heavy atom. The highest BCUT2D eigenvalue weighted by atomic mass is 35.5. The van der Waals surface area contributed by atoms with Gasteiger partial charge in [0, 0.05) is 12.7 Å². The van der Waals surface area contributed by atoms with Crippen LogP contribution in [0.15, 0.2) is 30.5 Å². The Morgan fingerprint density at radius 2 is 1.94 bits per heavy atom. The standard InChI is InChI=1S/C12H13ClN4/c1-3-9-4-6-10(7-5-9)17(2)11-8-14-16-12(13)15-11/h4-8H,3H2,1-2H3. The zero-order chi connectivity index (χ0) is 12.3. The third kappa shape index (κ3) is 2.71. The smallest absolute Gasteiger partial charge is 0.244 e. The first kappa shape index (κ1) is 11.8. The van der Waals surface area contributed by atoms with Crippen molar-refractivity contribution in [3.8, 4) is 0 Å². The molecule has 4 nitrogen and oxygen atoms in total. The normalized spacial score (nSPS) is 10.3. The van der Waals surface area contributed by atoms with Crippen molar-refractivity contribution in [1.82, 2.24) is 15.2 Å². The van der Waals surface area contributed by atoms with Crippen molar-refractivity contribution in [1.29, 1.82) is 0 Å². The van der Waals surface area contributed by atoms with Crippen molar-refractivity contribution in [2.45, 2.75) is 13.3 Å². The number of benzene rings is 1. The van der Waals surface area contributed by atoms with Gasteiger partial charge in [0.1, 0.15) is 0 Å². The van der Waals surface area contributed by atoms with Gasteiger partial charge in [-0.25, -0.2) is 0 Å². The number of aryl methyl sites for hydroxylation is 1. The Morgan fingerprint density at radius 3 is 2.53 bits per heavy atom. The van der Waals surface area contributed by atoms with Crippen LogP contribution in [0.2, 0.25) is 5.28 Å². The van der Waals surface area contributed by atoms with Crippen molar-refractivity contribution >= 4 is 23.1 Å². The molecule has 0 unspecified atom stereocenters. The third-order valence-electron chi connectivity index (χ3n) is 2.60. The van der Waals surface area contributed by atoms with E-state index in [1.807, 2.05) is 11.9 Å². The average molecular weight is 249 g/mol. The molecule has 0 saturated heterocycles. The van der Waals surface area contributed by atoms with E-state index in [-0.39, 0.29) is 5.28 Å². The highest BCUT2D eigenvalue weighted by molar-refractivity contribution is 6.28. The molecule has 2 aromatic rings. The first-order valence-electron chi connectivity index (χ1n) is 5.38. The predicted octanol–water partition coefficient (Wildman–Crippen LogP) is 2.86. The van der Waals surface area contributed by atoms with Gasteiger partial charge < -0.3 is 4.90 Å². The maximum absolute atomic E-state index is 5.71. The fourth-order valence-corrected chi connectivity index (χ4v) is 1.65. The van der Waals surface area contributed by atoms with E-state index in [4.69, 9.17) is 11.6 Å². The zero-order valence-corrected chi connectivity index (χ0v) is 10.5. The Hall–Kier alpha value is -1.68. The summed E-state index contributed by atoms with van der Waals surface area (Å²) in [7, 11) is 1.92. The summed E-state index contributed by atoms with van der Waals surface area (Å²) in [6.07, 6.45) is 2.62. The number of nitrogens with zero attached hydrogens (tertiary/aromatic N) is 4. The summed E-state index contributed by atoms with van der Waals surface area (Å²) in [4.78, 5) is 6.03. The summed E-state index contributed by atoms with van der Waals surface area (Å²) < 4.78 is 0. The van der Waals surface area contributed by atoms with Crippen LogP contribution in [0.1, 0.15) is 12.5 Å². The highest BCUT2D eigenvalue weighted by Crippen LogP contribution is 2.21. The van der Waals surface area contributed by atoms with Crippen LogP contribution in [0.4, 0.5) is 11.5 Å². The molecule has 0 aliphatic carbocycles. The summed E-state index contributed by atoms with van der Waals surface area (Å²) in [6.45, 7) is 2.13. The van der Waals surface area contributed by atoms with Gasteiger partial charge in [-0.3, -0.25) is 0 Å². The van der Waals surface area contributed by atoms with E-state index in [9.17, 15) is 0 Å². The van der Waals surface area contributed by atoms with Gasteiger partial charge >= 0.3 is 0 Å². The monoisotopic (exact) mass is 248 g/mol. The van der Waals surface area contributed by atoms with Gasteiger partial charge in [0.2, 0.25) is 5.28 Å². The van der Waals surface area contributed by atoms with E-state index < -0.39 is 0 Å². The summed E-state index contributed by atoms with van der Waals surface area (Å²) in [5.41, 5.74) is 2.35. The minimum atomic E-state index is 0.152. The van der Waals surface area contributed by atoms with E-state index in [1.165, 1.54) is 5.56 Å². The van der Waals surface area contributed by atoms with Crippen LogP contribution in [-0.4, -0.2) is 22.2 Å². The van der Waals surface area contributed by atoms with Crippen molar-refractivity contribution in [2.75, 3.05) is 11.9 Å². The van der Waals surface area contributed by atoms with Crippen LogP contribution < -0.4 is 4.90 Å². The molecule has 1 aromatic carbocycles. The number of hydrogen-bond donors (Lipinski definition) is 0. The van der Waals surface area contributed by atoms with Gasteiger partial charge in [-0.15, -0.1) is 5.10 Å². The zero-order valence-electron chi connectivity index (χ0n) is 9.76. The van der Waals surface area contributed by atoms with E-state index in [2.05, 4.69) is 46.4 Å². The molecule has 2 rings (SSSR count).